The van der Waals surface area contributed by atoms with Crippen LogP contribution in [0.3, 0.4) is 0 Å². The van der Waals surface area contributed by atoms with Crippen molar-refractivity contribution in [3.63, 3.8) is 0 Å². The molecular formula is C8H11LiSe. The molecule has 1 rings (SSSR count). The second-order valence-electron chi connectivity index (χ2n) is 2.79. The van der Waals surface area contributed by atoms with Gasteiger partial charge in [-0.2, -0.15) is 0 Å². The van der Waals surface area contributed by atoms with E-state index < -0.39 is 0 Å². The molecule has 0 heterocycles. The zero-order valence-electron chi connectivity index (χ0n) is 6.52. The fourth-order valence-corrected chi connectivity index (χ4v) is 1.99. The van der Waals surface area contributed by atoms with Crippen LogP contribution >= 0.6 is 0 Å². The maximum absolute atomic E-state index is 3.35. The van der Waals surface area contributed by atoms with Gasteiger partial charge in [0.1, 0.15) is 0 Å². The summed E-state index contributed by atoms with van der Waals surface area (Å²) in [5.74, 6) is 4.11. The van der Waals surface area contributed by atoms with Crippen LogP contribution in [0, 0.1) is 16.7 Å². The standard InChI is InChI=1S/C8H12Se.Li/c9-7-6-8-4-2-1-3-5-8;/h8-9H,1-5H2;/q;+1/p-1. The average molecular weight is 193 g/mol. The van der Waals surface area contributed by atoms with Crippen molar-refractivity contribution in [2.45, 2.75) is 32.1 Å². The minimum atomic E-state index is 0.567. The van der Waals surface area contributed by atoms with E-state index in [0.717, 1.165) is 5.92 Å². The van der Waals surface area contributed by atoms with Gasteiger partial charge >= 0.3 is 77.3 Å². The molecule has 10 heavy (non-hydrogen) atoms. The predicted octanol–water partition coefficient (Wildman–Crippen LogP) is 1.32. The topological polar surface area (TPSA) is 0 Å². The Kier molecular flexibility index (Phi) is 4.69. The monoisotopic (exact) mass is 194 g/mol. The molecule has 0 N–H and O–H groups in total. The van der Waals surface area contributed by atoms with Crippen LogP contribution in [0.1, 0.15) is 32.1 Å². The molecule has 1 saturated carbocycles. The molecule has 0 saturated heterocycles. The van der Waals surface area contributed by atoms with E-state index in [9.17, 15) is 0 Å². The molecule has 0 atom stereocenters. The van der Waals surface area contributed by atoms with Crippen LogP contribution in [0.4, 0.5) is 0 Å². The first kappa shape index (κ1) is 8.77. The third-order valence-corrected chi connectivity index (χ3v) is 2.65. The van der Waals surface area contributed by atoms with E-state index in [2.05, 4.69) is 26.5 Å². The van der Waals surface area contributed by atoms with E-state index in [1.54, 1.807) is 0 Å². The van der Waals surface area contributed by atoms with Crippen molar-refractivity contribution in [2.75, 3.05) is 0 Å². The minimum absolute atomic E-state index is 0.567. The Hall–Kier alpha value is 0.677. The van der Waals surface area contributed by atoms with Gasteiger partial charge in [-0.25, -0.2) is 0 Å². The first-order valence-corrected chi connectivity index (χ1v) is 6.54. The molecule has 0 aromatic carbocycles. The van der Waals surface area contributed by atoms with Crippen molar-refractivity contribution in [3.8, 4) is 10.7 Å². The Morgan fingerprint density at radius 3 is 2.50 bits per heavy atom. The fourth-order valence-electron chi connectivity index (χ4n) is 1.39. The van der Waals surface area contributed by atoms with Crippen LogP contribution in [0.2, 0.25) is 0 Å². The zero-order valence-corrected chi connectivity index (χ0v) is 8.23. The van der Waals surface area contributed by atoms with Crippen LogP contribution in [-0.4, -0.2) is 28.5 Å². The number of rotatable bonds is 0. The molecule has 0 spiro atoms. The Labute approximate surface area is 77.2 Å². The summed E-state index contributed by atoms with van der Waals surface area (Å²) in [6.07, 6.45) is 6.99. The molecule has 0 unspecified atom stereocenters. The predicted molar refractivity (Wildman–Crippen MR) is 45.9 cm³/mol. The van der Waals surface area contributed by atoms with Crippen LogP contribution in [0.15, 0.2) is 0 Å². The summed E-state index contributed by atoms with van der Waals surface area (Å²) in [4.78, 5) is 3.23. The maximum atomic E-state index is 3.35. The Morgan fingerprint density at radius 1 is 1.20 bits per heavy atom. The second-order valence-corrected chi connectivity index (χ2v) is 4.07. The SMILES string of the molecule is [Li][Se]C#CC1CCCCC1. The molecule has 2 heteroatoms. The van der Waals surface area contributed by atoms with E-state index in [0.29, 0.717) is 12.8 Å². The summed E-state index contributed by atoms with van der Waals surface area (Å²) >= 11 is 2.75. The van der Waals surface area contributed by atoms with Gasteiger partial charge in [-0.05, 0) is 0 Å². The van der Waals surface area contributed by atoms with Gasteiger partial charge in [-0.15, -0.1) is 0 Å². The zero-order chi connectivity index (χ0) is 7.23. The van der Waals surface area contributed by atoms with Crippen molar-refractivity contribution >= 4 is 28.5 Å². The first-order chi connectivity index (χ1) is 4.93. The summed E-state index contributed by atoms with van der Waals surface area (Å²) in [6.45, 7) is 0. The number of hydrogen-bond donors (Lipinski definition) is 0. The molecule has 1 aliphatic rings. The van der Waals surface area contributed by atoms with Gasteiger partial charge in [0, 0.05) is 0 Å². The van der Waals surface area contributed by atoms with Gasteiger partial charge in [0.15, 0.2) is 0 Å². The van der Waals surface area contributed by atoms with Gasteiger partial charge < -0.3 is 0 Å². The van der Waals surface area contributed by atoms with Crippen LogP contribution in [0.5, 0.6) is 0 Å². The summed E-state index contributed by atoms with van der Waals surface area (Å²) in [7, 11) is 0. The summed E-state index contributed by atoms with van der Waals surface area (Å²) in [5, 5.41) is 0. The Bertz CT molecular complexity index is 139. The average Bonchev–Trinajstić information content (AvgIpc) is 2.03. The van der Waals surface area contributed by atoms with Gasteiger partial charge in [-0.1, -0.05) is 0 Å². The van der Waals surface area contributed by atoms with Gasteiger partial charge in [-0.3, -0.25) is 0 Å². The molecule has 1 fully saturated rings. The summed E-state index contributed by atoms with van der Waals surface area (Å²) < 4.78 is 0. The molecule has 50 valence electrons. The molecule has 0 amide bonds. The fraction of sp³-hybridized carbons (Fsp3) is 0.750. The third kappa shape index (κ3) is 3.18. The summed E-state index contributed by atoms with van der Waals surface area (Å²) in [5.41, 5.74) is 0. The van der Waals surface area contributed by atoms with Crippen LogP contribution in [0.25, 0.3) is 0 Å². The molecule has 0 radical (unpaired) electrons. The van der Waals surface area contributed by atoms with Gasteiger partial charge in [0.05, 0.1) is 0 Å². The molecule has 0 bridgehead atoms. The normalized spacial score (nSPS) is 19.8. The Morgan fingerprint density at radius 2 is 1.90 bits per heavy atom. The Balaban J connectivity index is 2.25. The van der Waals surface area contributed by atoms with E-state index >= 15 is 0 Å². The quantitative estimate of drug-likeness (QED) is 0.402. The molecule has 1 aliphatic carbocycles. The van der Waals surface area contributed by atoms with Gasteiger partial charge in [0.2, 0.25) is 0 Å². The van der Waals surface area contributed by atoms with Crippen LogP contribution < -0.4 is 0 Å². The van der Waals surface area contributed by atoms with Crippen molar-refractivity contribution in [3.05, 3.63) is 0 Å². The van der Waals surface area contributed by atoms with E-state index in [1.165, 1.54) is 32.1 Å². The third-order valence-electron chi connectivity index (χ3n) is 1.97. The van der Waals surface area contributed by atoms with Crippen molar-refractivity contribution in [1.82, 2.24) is 0 Å². The van der Waals surface area contributed by atoms with Crippen LogP contribution in [-0.2, 0) is 0 Å². The first-order valence-electron chi connectivity index (χ1n) is 3.97. The number of hydrogen-bond acceptors (Lipinski definition) is 0. The molecule has 0 nitrogen and oxygen atoms in total. The van der Waals surface area contributed by atoms with E-state index in [1.807, 2.05) is 0 Å². The van der Waals surface area contributed by atoms with Gasteiger partial charge in [0.25, 0.3) is 0 Å². The van der Waals surface area contributed by atoms with E-state index in [-0.39, 0.29) is 0 Å². The molecule has 0 aromatic heterocycles. The van der Waals surface area contributed by atoms with Crippen molar-refractivity contribution in [1.29, 1.82) is 0 Å². The molecule has 0 aliphatic heterocycles. The summed E-state index contributed by atoms with van der Waals surface area (Å²) in [6, 6.07) is 0. The second kappa shape index (κ2) is 5.34. The van der Waals surface area contributed by atoms with Crippen molar-refractivity contribution < 1.29 is 0 Å². The van der Waals surface area contributed by atoms with Crippen molar-refractivity contribution in [2.24, 2.45) is 5.92 Å². The molecule has 0 aromatic rings. The molecular weight excluding hydrogens is 182 g/mol. The van der Waals surface area contributed by atoms with E-state index in [4.69, 9.17) is 0 Å².